The summed E-state index contributed by atoms with van der Waals surface area (Å²) in [6.07, 6.45) is 0.412. The number of alkyl halides is 3. The van der Waals surface area contributed by atoms with Crippen molar-refractivity contribution >= 4 is 6.08 Å². The molecule has 2 heterocycles. The molecule has 0 unspecified atom stereocenters. The molecule has 1 aliphatic rings. The number of benzene rings is 1. The molecule has 1 aliphatic heterocycles. The Labute approximate surface area is 156 Å². The highest BCUT2D eigenvalue weighted by molar-refractivity contribution is 5.58. The van der Waals surface area contributed by atoms with Crippen LogP contribution in [0.3, 0.4) is 0 Å². The first-order chi connectivity index (χ1) is 12.9. The minimum absolute atomic E-state index is 0.0946. The molecule has 3 rings (SSSR count). The summed E-state index contributed by atoms with van der Waals surface area (Å²) in [6, 6.07) is 7.61. The molecule has 2 aromatic rings. The van der Waals surface area contributed by atoms with Crippen molar-refractivity contribution < 1.29 is 22.6 Å². The van der Waals surface area contributed by atoms with E-state index in [1.165, 1.54) is 11.6 Å². The molecule has 7 heteroatoms. The average molecular weight is 378 g/mol. The smallest absolute Gasteiger partial charge is 0.417 e. The van der Waals surface area contributed by atoms with E-state index in [0.29, 0.717) is 18.1 Å². The van der Waals surface area contributed by atoms with E-state index in [1.54, 1.807) is 6.07 Å². The van der Waals surface area contributed by atoms with E-state index in [0.717, 1.165) is 43.8 Å². The summed E-state index contributed by atoms with van der Waals surface area (Å²) >= 11 is 0. The third-order valence-electron chi connectivity index (χ3n) is 4.12. The molecule has 1 aromatic heterocycles. The number of aromatic nitrogens is 1. The van der Waals surface area contributed by atoms with E-state index in [-0.39, 0.29) is 5.88 Å². The van der Waals surface area contributed by atoms with Crippen molar-refractivity contribution in [2.24, 2.45) is 0 Å². The summed E-state index contributed by atoms with van der Waals surface area (Å²) in [5.41, 5.74) is 1.45. The SMILES string of the molecule is CCOc1cc(C=C2CCNCC2)cc(Oc2ccc(C(F)(F)F)cn2)c1. The Morgan fingerprint density at radius 1 is 1.11 bits per heavy atom. The second-order valence-corrected chi connectivity index (χ2v) is 6.21. The molecule has 0 bridgehead atoms. The van der Waals surface area contributed by atoms with Crippen LogP contribution in [0.2, 0.25) is 0 Å². The van der Waals surface area contributed by atoms with Gasteiger partial charge in [0, 0.05) is 18.3 Å². The van der Waals surface area contributed by atoms with Crippen LogP contribution in [0.25, 0.3) is 6.08 Å². The van der Waals surface area contributed by atoms with E-state index >= 15 is 0 Å². The molecule has 1 aromatic carbocycles. The number of nitrogens with one attached hydrogen (secondary N) is 1. The summed E-state index contributed by atoms with van der Waals surface area (Å²) in [6.45, 7) is 4.30. The standard InChI is InChI=1S/C20H21F3N2O2/c1-2-26-17-10-15(9-14-5-7-24-8-6-14)11-18(12-17)27-19-4-3-16(13-25-19)20(21,22)23/h3-4,9-13,24H,2,5-8H2,1H3. The Bertz CT molecular complexity index is 794. The van der Waals surface area contributed by atoms with Crippen LogP contribution >= 0.6 is 0 Å². The highest BCUT2D eigenvalue weighted by atomic mass is 19.4. The molecule has 0 aliphatic carbocycles. The maximum atomic E-state index is 12.7. The van der Waals surface area contributed by atoms with Crippen LogP contribution in [0.4, 0.5) is 13.2 Å². The van der Waals surface area contributed by atoms with Crippen molar-refractivity contribution in [1.29, 1.82) is 0 Å². The van der Waals surface area contributed by atoms with Crippen molar-refractivity contribution in [2.45, 2.75) is 25.9 Å². The summed E-state index contributed by atoms with van der Waals surface area (Å²) < 4.78 is 49.2. The summed E-state index contributed by atoms with van der Waals surface area (Å²) in [4.78, 5) is 3.75. The zero-order valence-corrected chi connectivity index (χ0v) is 15.0. The lowest BCUT2D eigenvalue weighted by atomic mass is 10.0. The number of hydrogen-bond donors (Lipinski definition) is 1. The number of nitrogens with zero attached hydrogens (tertiary/aromatic N) is 1. The van der Waals surface area contributed by atoms with Crippen LogP contribution in [0.1, 0.15) is 30.9 Å². The van der Waals surface area contributed by atoms with Crippen LogP contribution in [0, 0.1) is 0 Å². The first kappa shape index (κ1) is 19.2. The molecule has 4 nitrogen and oxygen atoms in total. The van der Waals surface area contributed by atoms with Gasteiger partial charge in [-0.2, -0.15) is 13.2 Å². The summed E-state index contributed by atoms with van der Waals surface area (Å²) in [5.74, 6) is 1.20. The van der Waals surface area contributed by atoms with Gasteiger partial charge in [0.05, 0.1) is 12.2 Å². The molecule has 0 saturated carbocycles. The zero-order chi connectivity index (χ0) is 19.3. The second-order valence-electron chi connectivity index (χ2n) is 6.21. The van der Waals surface area contributed by atoms with E-state index in [9.17, 15) is 13.2 Å². The first-order valence-corrected chi connectivity index (χ1v) is 8.83. The van der Waals surface area contributed by atoms with E-state index in [1.807, 2.05) is 19.1 Å². The minimum Gasteiger partial charge on any atom is -0.494 e. The Morgan fingerprint density at radius 2 is 1.85 bits per heavy atom. The van der Waals surface area contributed by atoms with Crippen LogP contribution in [0.15, 0.2) is 42.1 Å². The summed E-state index contributed by atoms with van der Waals surface area (Å²) in [5, 5.41) is 3.31. The van der Waals surface area contributed by atoms with Gasteiger partial charge in [-0.1, -0.05) is 11.6 Å². The van der Waals surface area contributed by atoms with E-state index < -0.39 is 11.7 Å². The lowest BCUT2D eigenvalue weighted by Gasteiger charge is -2.16. The van der Waals surface area contributed by atoms with Crippen molar-refractivity contribution in [1.82, 2.24) is 10.3 Å². The quantitative estimate of drug-likeness (QED) is 0.790. The maximum absolute atomic E-state index is 12.7. The Kier molecular flexibility index (Phi) is 6.01. The molecular weight excluding hydrogens is 357 g/mol. The lowest BCUT2D eigenvalue weighted by molar-refractivity contribution is -0.137. The number of halogens is 3. The van der Waals surface area contributed by atoms with E-state index in [4.69, 9.17) is 9.47 Å². The fourth-order valence-electron chi connectivity index (χ4n) is 2.84. The average Bonchev–Trinajstić information content (AvgIpc) is 2.62. The highest BCUT2D eigenvalue weighted by Crippen LogP contribution is 2.31. The third-order valence-corrected chi connectivity index (χ3v) is 4.12. The van der Waals surface area contributed by atoms with Gasteiger partial charge < -0.3 is 14.8 Å². The lowest BCUT2D eigenvalue weighted by Crippen LogP contribution is -2.22. The molecule has 144 valence electrons. The number of piperidine rings is 1. The van der Waals surface area contributed by atoms with Gasteiger partial charge >= 0.3 is 6.18 Å². The number of pyridine rings is 1. The molecular formula is C20H21F3N2O2. The summed E-state index contributed by atoms with van der Waals surface area (Å²) in [7, 11) is 0. The zero-order valence-electron chi connectivity index (χ0n) is 15.0. The van der Waals surface area contributed by atoms with Crippen molar-refractivity contribution in [2.75, 3.05) is 19.7 Å². The van der Waals surface area contributed by atoms with Gasteiger partial charge in [0.1, 0.15) is 11.5 Å². The largest absolute Gasteiger partial charge is 0.494 e. The predicted molar refractivity (Wildman–Crippen MR) is 97.0 cm³/mol. The minimum atomic E-state index is -4.42. The maximum Gasteiger partial charge on any atom is 0.417 e. The molecule has 0 spiro atoms. The Hall–Kier alpha value is -2.54. The predicted octanol–water partition coefficient (Wildman–Crippen LogP) is 5.06. The molecule has 1 N–H and O–H groups in total. The fourth-order valence-corrected chi connectivity index (χ4v) is 2.84. The monoisotopic (exact) mass is 378 g/mol. The third kappa shape index (κ3) is 5.47. The first-order valence-electron chi connectivity index (χ1n) is 8.83. The van der Waals surface area contributed by atoms with Gasteiger partial charge in [-0.3, -0.25) is 0 Å². The van der Waals surface area contributed by atoms with Crippen LogP contribution in [-0.2, 0) is 6.18 Å². The van der Waals surface area contributed by atoms with Crippen molar-refractivity contribution in [3.05, 3.63) is 53.2 Å². The second kappa shape index (κ2) is 8.43. The van der Waals surface area contributed by atoms with Gasteiger partial charge in [0.15, 0.2) is 0 Å². The molecule has 0 amide bonds. The molecule has 1 fully saturated rings. The highest BCUT2D eigenvalue weighted by Gasteiger charge is 2.30. The van der Waals surface area contributed by atoms with Crippen LogP contribution in [-0.4, -0.2) is 24.7 Å². The Morgan fingerprint density at radius 3 is 2.48 bits per heavy atom. The number of hydrogen-bond acceptors (Lipinski definition) is 4. The topological polar surface area (TPSA) is 43.4 Å². The van der Waals surface area contributed by atoms with E-state index in [2.05, 4.69) is 16.4 Å². The van der Waals surface area contributed by atoms with Gasteiger partial charge in [-0.15, -0.1) is 0 Å². The van der Waals surface area contributed by atoms with Gasteiger partial charge in [-0.25, -0.2) is 4.98 Å². The number of rotatable bonds is 5. The molecule has 1 saturated heterocycles. The number of ether oxygens (including phenoxy) is 2. The normalized spacial score (nSPS) is 14.7. The molecule has 0 radical (unpaired) electrons. The van der Waals surface area contributed by atoms with Crippen LogP contribution in [0.5, 0.6) is 17.4 Å². The van der Waals surface area contributed by atoms with Crippen LogP contribution < -0.4 is 14.8 Å². The van der Waals surface area contributed by atoms with Gasteiger partial charge in [0.2, 0.25) is 5.88 Å². The van der Waals surface area contributed by atoms with Crippen molar-refractivity contribution in [3.8, 4) is 17.4 Å². The Balaban J connectivity index is 1.83. The van der Waals surface area contributed by atoms with Gasteiger partial charge in [0.25, 0.3) is 0 Å². The fraction of sp³-hybridized carbons (Fsp3) is 0.350. The molecule has 0 atom stereocenters. The molecule has 27 heavy (non-hydrogen) atoms. The van der Waals surface area contributed by atoms with Gasteiger partial charge in [-0.05, 0) is 56.6 Å². The van der Waals surface area contributed by atoms with Crippen molar-refractivity contribution in [3.63, 3.8) is 0 Å².